The van der Waals surface area contributed by atoms with Crippen LogP contribution in [0.2, 0.25) is 0 Å². The summed E-state index contributed by atoms with van der Waals surface area (Å²) in [6, 6.07) is 0. The fraction of sp³-hybridized carbons (Fsp3) is 0.636. The molecule has 0 aromatic carbocycles. The topological polar surface area (TPSA) is 46.0 Å². The maximum absolute atomic E-state index is 12.7. The first-order chi connectivity index (χ1) is 7.92. The maximum atomic E-state index is 12.7. The molecular weight excluding hydrogens is 233 g/mol. The summed E-state index contributed by atoms with van der Waals surface area (Å²) in [5.41, 5.74) is -1.26. The molecule has 1 aliphatic carbocycles. The molecule has 1 aromatic heterocycles. The Morgan fingerprint density at radius 1 is 1.35 bits per heavy atom. The highest BCUT2D eigenvalue weighted by Gasteiger charge is 2.48. The summed E-state index contributed by atoms with van der Waals surface area (Å²) in [5, 5.41) is 10.3. The monoisotopic (exact) mass is 246 g/mol. The summed E-state index contributed by atoms with van der Waals surface area (Å²) < 4.78 is 38.0. The predicted octanol–water partition coefficient (Wildman–Crippen LogP) is 2.42. The third kappa shape index (κ3) is 2.57. The van der Waals surface area contributed by atoms with Crippen LogP contribution < -0.4 is 0 Å². The number of aliphatic hydroxyl groups is 1. The highest BCUT2D eigenvalue weighted by atomic mass is 19.4. The first kappa shape index (κ1) is 12.3. The second kappa shape index (κ2) is 4.25. The molecule has 0 spiro atoms. The molecule has 2 rings (SSSR count). The van der Waals surface area contributed by atoms with E-state index in [-0.39, 0.29) is 18.5 Å². The van der Waals surface area contributed by atoms with Gasteiger partial charge in [0.05, 0.1) is 17.8 Å². The molecule has 0 radical (unpaired) electrons. The van der Waals surface area contributed by atoms with Crippen molar-refractivity contribution in [1.82, 2.24) is 9.97 Å². The third-order valence-electron chi connectivity index (χ3n) is 3.23. The summed E-state index contributed by atoms with van der Waals surface area (Å²) in [4.78, 5) is 7.70. The van der Waals surface area contributed by atoms with Crippen LogP contribution in [0.15, 0.2) is 18.6 Å². The van der Waals surface area contributed by atoms with E-state index in [0.717, 1.165) is 0 Å². The van der Waals surface area contributed by atoms with Crippen molar-refractivity contribution in [3.8, 4) is 0 Å². The van der Waals surface area contributed by atoms with Gasteiger partial charge >= 0.3 is 6.18 Å². The second-order valence-corrected chi connectivity index (χ2v) is 4.46. The van der Waals surface area contributed by atoms with E-state index in [4.69, 9.17) is 0 Å². The SMILES string of the molecule is OC1(c2cnccn2)CCCC(C(F)(F)F)C1. The summed E-state index contributed by atoms with van der Waals surface area (Å²) >= 11 is 0. The summed E-state index contributed by atoms with van der Waals surface area (Å²) in [6.07, 6.45) is 0.285. The van der Waals surface area contributed by atoms with Crippen molar-refractivity contribution in [2.24, 2.45) is 5.92 Å². The normalized spacial score (nSPS) is 30.2. The van der Waals surface area contributed by atoms with Crippen molar-refractivity contribution in [3.05, 3.63) is 24.3 Å². The van der Waals surface area contributed by atoms with Gasteiger partial charge in [-0.05, 0) is 25.7 Å². The molecule has 0 bridgehead atoms. The Morgan fingerprint density at radius 3 is 2.71 bits per heavy atom. The molecule has 6 heteroatoms. The Bertz CT molecular complexity index is 382. The smallest absolute Gasteiger partial charge is 0.383 e. The predicted molar refractivity (Wildman–Crippen MR) is 53.9 cm³/mol. The van der Waals surface area contributed by atoms with Gasteiger partial charge < -0.3 is 5.11 Å². The lowest BCUT2D eigenvalue weighted by Gasteiger charge is -2.36. The molecule has 1 aliphatic rings. The van der Waals surface area contributed by atoms with Gasteiger partial charge in [0.25, 0.3) is 0 Å². The number of rotatable bonds is 1. The molecule has 1 N–H and O–H groups in total. The van der Waals surface area contributed by atoms with E-state index in [1.807, 2.05) is 0 Å². The average Bonchev–Trinajstić information content (AvgIpc) is 2.29. The Labute approximate surface area is 96.7 Å². The van der Waals surface area contributed by atoms with E-state index in [2.05, 4.69) is 9.97 Å². The number of nitrogens with zero attached hydrogens (tertiary/aromatic N) is 2. The van der Waals surface area contributed by atoms with Gasteiger partial charge in [0.15, 0.2) is 0 Å². The fourth-order valence-electron chi connectivity index (χ4n) is 2.30. The van der Waals surface area contributed by atoms with Gasteiger partial charge in [-0.2, -0.15) is 13.2 Å². The average molecular weight is 246 g/mol. The molecule has 1 heterocycles. The summed E-state index contributed by atoms with van der Waals surface area (Å²) in [5.74, 6) is -1.46. The highest BCUT2D eigenvalue weighted by molar-refractivity contribution is 5.10. The number of hydrogen-bond donors (Lipinski definition) is 1. The van der Waals surface area contributed by atoms with Crippen LogP contribution in [0.4, 0.5) is 13.2 Å². The first-order valence-corrected chi connectivity index (χ1v) is 5.47. The van der Waals surface area contributed by atoms with Crippen LogP contribution in [0.1, 0.15) is 31.4 Å². The van der Waals surface area contributed by atoms with Gasteiger partial charge in [-0.15, -0.1) is 0 Å². The molecule has 2 atom stereocenters. The van der Waals surface area contributed by atoms with Crippen LogP contribution in [0.25, 0.3) is 0 Å². The van der Waals surface area contributed by atoms with Crippen LogP contribution in [-0.4, -0.2) is 21.3 Å². The van der Waals surface area contributed by atoms with E-state index >= 15 is 0 Å². The van der Waals surface area contributed by atoms with E-state index < -0.39 is 17.7 Å². The lowest BCUT2D eigenvalue weighted by atomic mass is 9.76. The van der Waals surface area contributed by atoms with E-state index in [9.17, 15) is 18.3 Å². The number of halogens is 3. The van der Waals surface area contributed by atoms with Gasteiger partial charge in [0, 0.05) is 12.4 Å². The standard InChI is InChI=1S/C11H13F3N2O/c12-11(13,14)8-2-1-3-10(17,6-8)9-7-15-4-5-16-9/h4-5,7-8,17H,1-3,6H2. The second-order valence-electron chi connectivity index (χ2n) is 4.46. The van der Waals surface area contributed by atoms with Crippen molar-refractivity contribution >= 4 is 0 Å². The van der Waals surface area contributed by atoms with Crippen LogP contribution in [0, 0.1) is 5.92 Å². The summed E-state index contributed by atoms with van der Waals surface area (Å²) in [7, 11) is 0. The summed E-state index contributed by atoms with van der Waals surface area (Å²) in [6.45, 7) is 0. The zero-order chi connectivity index (χ0) is 12.5. The molecule has 17 heavy (non-hydrogen) atoms. The molecule has 1 aromatic rings. The Balaban J connectivity index is 2.21. The molecule has 2 unspecified atom stereocenters. The van der Waals surface area contributed by atoms with Crippen molar-refractivity contribution in [1.29, 1.82) is 0 Å². The van der Waals surface area contributed by atoms with Crippen LogP contribution in [0.5, 0.6) is 0 Å². The number of hydrogen-bond acceptors (Lipinski definition) is 3. The van der Waals surface area contributed by atoms with Crippen molar-refractivity contribution in [2.75, 3.05) is 0 Å². The minimum absolute atomic E-state index is 0.0755. The van der Waals surface area contributed by atoms with E-state index in [1.54, 1.807) is 0 Å². The highest BCUT2D eigenvalue weighted by Crippen LogP contribution is 2.45. The first-order valence-electron chi connectivity index (χ1n) is 5.47. The van der Waals surface area contributed by atoms with Crippen LogP contribution >= 0.6 is 0 Å². The Kier molecular flexibility index (Phi) is 3.07. The van der Waals surface area contributed by atoms with Crippen LogP contribution in [0.3, 0.4) is 0 Å². The lowest BCUT2D eigenvalue weighted by Crippen LogP contribution is -2.39. The van der Waals surface area contributed by atoms with Crippen LogP contribution in [-0.2, 0) is 5.60 Å². The molecule has 0 amide bonds. The maximum Gasteiger partial charge on any atom is 0.391 e. The minimum Gasteiger partial charge on any atom is -0.383 e. The molecular formula is C11H13F3N2O. The quantitative estimate of drug-likeness (QED) is 0.827. The largest absolute Gasteiger partial charge is 0.391 e. The lowest BCUT2D eigenvalue weighted by molar-refractivity contribution is -0.202. The molecule has 94 valence electrons. The van der Waals surface area contributed by atoms with E-state index in [0.29, 0.717) is 12.8 Å². The van der Waals surface area contributed by atoms with Gasteiger partial charge in [-0.3, -0.25) is 9.97 Å². The molecule has 0 aliphatic heterocycles. The van der Waals surface area contributed by atoms with Gasteiger partial charge in [0.1, 0.15) is 5.60 Å². The molecule has 0 saturated heterocycles. The molecule has 1 saturated carbocycles. The van der Waals surface area contributed by atoms with Gasteiger partial charge in [0.2, 0.25) is 0 Å². The Hall–Kier alpha value is -1.17. The minimum atomic E-state index is -4.25. The Morgan fingerprint density at radius 2 is 2.12 bits per heavy atom. The number of aromatic nitrogens is 2. The molecule has 1 fully saturated rings. The third-order valence-corrected chi connectivity index (χ3v) is 3.23. The zero-order valence-electron chi connectivity index (χ0n) is 9.11. The van der Waals surface area contributed by atoms with Gasteiger partial charge in [-0.1, -0.05) is 0 Å². The van der Waals surface area contributed by atoms with Crippen molar-refractivity contribution < 1.29 is 18.3 Å². The van der Waals surface area contributed by atoms with Crippen molar-refractivity contribution in [3.63, 3.8) is 0 Å². The van der Waals surface area contributed by atoms with Crippen molar-refractivity contribution in [2.45, 2.75) is 37.5 Å². The zero-order valence-corrected chi connectivity index (χ0v) is 9.11. The number of alkyl halides is 3. The fourth-order valence-corrected chi connectivity index (χ4v) is 2.30. The van der Waals surface area contributed by atoms with Gasteiger partial charge in [-0.25, -0.2) is 0 Å². The molecule has 3 nitrogen and oxygen atoms in total. The van der Waals surface area contributed by atoms with E-state index in [1.165, 1.54) is 18.6 Å².